The van der Waals surface area contributed by atoms with Crippen molar-refractivity contribution in [2.45, 2.75) is 13.8 Å². The smallest absolute Gasteiger partial charge is 0.239 e. The van der Waals surface area contributed by atoms with E-state index in [2.05, 4.69) is 84.5 Å². The summed E-state index contributed by atoms with van der Waals surface area (Å²) in [6.07, 6.45) is 1.54. The second-order valence-corrected chi connectivity index (χ2v) is 7.37. The van der Waals surface area contributed by atoms with Gasteiger partial charge in [-0.3, -0.25) is 0 Å². The Morgan fingerprint density at radius 3 is 1.59 bits per heavy atom. The van der Waals surface area contributed by atoms with Gasteiger partial charge in [-0.05, 0) is 37.1 Å². The Labute approximate surface area is 167 Å². The van der Waals surface area contributed by atoms with Crippen molar-refractivity contribution < 1.29 is 0 Å². The predicted molar refractivity (Wildman–Crippen MR) is 115 cm³/mol. The lowest BCUT2D eigenvalue weighted by atomic mass is 10.0. The lowest BCUT2D eigenvalue weighted by molar-refractivity contribution is 1.02. The summed E-state index contributed by atoms with van der Waals surface area (Å²) in [7, 11) is 0. The van der Waals surface area contributed by atoms with E-state index in [-0.39, 0.29) is 0 Å². The maximum Gasteiger partial charge on any atom is 0.239 e. The maximum atomic E-state index is 4.90. The molecule has 0 atom stereocenters. The molecule has 5 nitrogen and oxygen atoms in total. The predicted octanol–water partition coefficient (Wildman–Crippen LogP) is 5.21. The maximum absolute atomic E-state index is 4.90. The first-order valence-corrected chi connectivity index (χ1v) is 9.59. The highest BCUT2D eigenvalue weighted by Gasteiger charge is 2.21. The van der Waals surface area contributed by atoms with Crippen LogP contribution in [0.4, 0.5) is 0 Å². The summed E-state index contributed by atoms with van der Waals surface area (Å²) in [4.78, 5) is 18.7. The third-order valence-electron chi connectivity index (χ3n) is 5.63. The van der Waals surface area contributed by atoms with Gasteiger partial charge in [0, 0.05) is 21.9 Å². The van der Waals surface area contributed by atoms with E-state index in [1.807, 2.05) is 4.40 Å². The van der Waals surface area contributed by atoms with Crippen LogP contribution in [0, 0.1) is 13.8 Å². The standard InChI is InChI=1S/C24H17N5/c1-14-7-3-5-9-16(14)20-18-11-12-19-21(17-10-6-4-8-15(17)2)28-24-26-13-25-23(27-20)29(24)22(18)19/h3-13H,1-2H3. The van der Waals surface area contributed by atoms with Crippen LogP contribution in [0.3, 0.4) is 0 Å². The van der Waals surface area contributed by atoms with Gasteiger partial charge in [-0.25, -0.2) is 24.3 Å². The van der Waals surface area contributed by atoms with Crippen molar-refractivity contribution in [3.05, 3.63) is 78.1 Å². The van der Waals surface area contributed by atoms with E-state index >= 15 is 0 Å². The minimum Gasteiger partial charge on any atom is -0.245 e. The normalized spacial score (nSPS) is 11.8. The van der Waals surface area contributed by atoms with Crippen LogP contribution in [-0.2, 0) is 0 Å². The quantitative estimate of drug-likeness (QED) is 0.417. The van der Waals surface area contributed by atoms with Crippen molar-refractivity contribution in [1.29, 1.82) is 0 Å². The van der Waals surface area contributed by atoms with Crippen LogP contribution in [0.15, 0.2) is 67.0 Å². The number of hydrogen-bond acceptors (Lipinski definition) is 4. The van der Waals surface area contributed by atoms with Gasteiger partial charge >= 0.3 is 0 Å². The third kappa shape index (κ3) is 2.21. The highest BCUT2D eigenvalue weighted by Crippen LogP contribution is 2.38. The van der Waals surface area contributed by atoms with Crippen LogP contribution in [0.1, 0.15) is 11.1 Å². The number of aryl methyl sites for hydroxylation is 2. The van der Waals surface area contributed by atoms with Crippen LogP contribution in [0.2, 0.25) is 0 Å². The summed E-state index contributed by atoms with van der Waals surface area (Å²) < 4.78 is 1.97. The highest BCUT2D eigenvalue weighted by atomic mass is 15.2. The van der Waals surface area contributed by atoms with Crippen LogP contribution < -0.4 is 0 Å². The van der Waals surface area contributed by atoms with Gasteiger partial charge in [-0.15, -0.1) is 0 Å². The molecule has 0 fully saturated rings. The molecule has 0 N–H and O–H groups in total. The van der Waals surface area contributed by atoms with Crippen LogP contribution in [0.5, 0.6) is 0 Å². The molecular formula is C24H17N5. The Kier molecular flexibility index (Phi) is 3.23. The van der Waals surface area contributed by atoms with Gasteiger partial charge in [-0.2, -0.15) is 0 Å². The first kappa shape index (κ1) is 16.1. The SMILES string of the molecule is Cc1ccccc1-c1nc2ncnc3nc(-c4ccccc4C)c4ccc1c4n23. The fourth-order valence-corrected chi connectivity index (χ4v) is 4.20. The molecule has 0 saturated carbocycles. The van der Waals surface area contributed by atoms with Crippen molar-refractivity contribution in [2.75, 3.05) is 0 Å². The van der Waals surface area contributed by atoms with Gasteiger partial charge in [0.1, 0.15) is 6.33 Å². The number of benzene rings is 2. The lowest BCUT2D eigenvalue weighted by Crippen LogP contribution is -2.06. The van der Waals surface area contributed by atoms with Crippen molar-refractivity contribution in [1.82, 2.24) is 24.3 Å². The molecule has 0 spiro atoms. The fraction of sp³-hybridized carbons (Fsp3) is 0.0833. The molecular weight excluding hydrogens is 358 g/mol. The van der Waals surface area contributed by atoms with Crippen molar-refractivity contribution >= 4 is 27.8 Å². The van der Waals surface area contributed by atoms with Crippen LogP contribution in [0.25, 0.3) is 50.4 Å². The minimum absolute atomic E-state index is 0.612. The minimum atomic E-state index is 0.612. The van der Waals surface area contributed by atoms with Gasteiger partial charge in [0.05, 0.1) is 16.9 Å². The van der Waals surface area contributed by atoms with Gasteiger partial charge in [0.2, 0.25) is 11.6 Å². The molecule has 5 heteroatoms. The van der Waals surface area contributed by atoms with Crippen molar-refractivity contribution in [3.8, 4) is 22.5 Å². The number of rotatable bonds is 2. The molecule has 29 heavy (non-hydrogen) atoms. The molecule has 3 heterocycles. The van der Waals surface area contributed by atoms with E-state index in [0.717, 1.165) is 38.8 Å². The van der Waals surface area contributed by atoms with E-state index < -0.39 is 0 Å². The molecule has 0 aliphatic heterocycles. The van der Waals surface area contributed by atoms with E-state index in [9.17, 15) is 0 Å². The van der Waals surface area contributed by atoms with Crippen molar-refractivity contribution in [2.24, 2.45) is 0 Å². The Hall–Kier alpha value is -3.86. The molecule has 0 bridgehead atoms. The summed E-state index contributed by atoms with van der Waals surface area (Å²) in [5.41, 5.74) is 7.57. The molecule has 0 aliphatic rings. The van der Waals surface area contributed by atoms with Crippen LogP contribution >= 0.6 is 0 Å². The Morgan fingerprint density at radius 2 is 1.10 bits per heavy atom. The summed E-state index contributed by atoms with van der Waals surface area (Å²) in [5, 5.41) is 2.17. The molecule has 3 aromatic heterocycles. The van der Waals surface area contributed by atoms with E-state index in [4.69, 9.17) is 9.97 Å². The average molecular weight is 375 g/mol. The Bertz CT molecular complexity index is 1420. The average Bonchev–Trinajstić information content (AvgIpc) is 3.19. The zero-order valence-corrected chi connectivity index (χ0v) is 16.1. The molecule has 138 valence electrons. The van der Waals surface area contributed by atoms with Gasteiger partial charge in [0.15, 0.2) is 0 Å². The molecule has 6 aromatic rings. The molecule has 0 unspecified atom stereocenters. The summed E-state index contributed by atoms with van der Waals surface area (Å²) in [6, 6.07) is 20.9. The second-order valence-electron chi connectivity index (χ2n) is 7.37. The molecule has 0 saturated heterocycles. The van der Waals surface area contributed by atoms with Crippen molar-refractivity contribution in [3.63, 3.8) is 0 Å². The van der Waals surface area contributed by atoms with E-state index in [0.29, 0.717) is 11.6 Å². The first-order valence-electron chi connectivity index (χ1n) is 9.59. The largest absolute Gasteiger partial charge is 0.245 e. The van der Waals surface area contributed by atoms with Gasteiger partial charge < -0.3 is 0 Å². The number of hydrogen-bond donors (Lipinski definition) is 0. The molecule has 3 aromatic carbocycles. The molecule has 0 amide bonds. The fourth-order valence-electron chi connectivity index (χ4n) is 4.20. The second kappa shape index (κ2) is 5.82. The molecule has 0 aliphatic carbocycles. The zero-order valence-electron chi connectivity index (χ0n) is 16.1. The third-order valence-corrected chi connectivity index (χ3v) is 5.63. The van der Waals surface area contributed by atoms with Gasteiger partial charge in [0.25, 0.3) is 0 Å². The van der Waals surface area contributed by atoms with Gasteiger partial charge in [-0.1, -0.05) is 48.5 Å². The Balaban J connectivity index is 1.81. The first-order chi connectivity index (χ1) is 14.2. The van der Waals surface area contributed by atoms with E-state index in [1.54, 1.807) is 0 Å². The van der Waals surface area contributed by atoms with E-state index in [1.165, 1.54) is 17.5 Å². The molecule has 6 rings (SSSR count). The number of nitrogens with zero attached hydrogens (tertiary/aromatic N) is 5. The summed E-state index contributed by atoms with van der Waals surface area (Å²) in [6.45, 7) is 4.23. The highest BCUT2D eigenvalue weighted by molar-refractivity contribution is 6.11. The van der Waals surface area contributed by atoms with Crippen LogP contribution in [-0.4, -0.2) is 24.3 Å². The molecule has 0 radical (unpaired) electrons. The Morgan fingerprint density at radius 1 is 0.621 bits per heavy atom. The zero-order chi connectivity index (χ0) is 19.5. The summed E-state index contributed by atoms with van der Waals surface area (Å²) >= 11 is 0. The topological polar surface area (TPSA) is 56.0 Å². The summed E-state index contributed by atoms with van der Waals surface area (Å²) in [5.74, 6) is 1.22. The number of aromatic nitrogens is 5. The monoisotopic (exact) mass is 375 g/mol. The lowest BCUT2D eigenvalue weighted by Gasteiger charge is -2.14.